The Hall–Kier alpha value is -2.76. The van der Waals surface area contributed by atoms with E-state index in [1.807, 2.05) is 54.6 Å². The fraction of sp³-hybridized carbons (Fsp3) is 0.136. The van der Waals surface area contributed by atoms with Crippen LogP contribution >= 0.6 is 11.8 Å². The fourth-order valence-electron chi connectivity index (χ4n) is 2.98. The van der Waals surface area contributed by atoms with Gasteiger partial charge in [0.05, 0.1) is 5.92 Å². The zero-order valence-corrected chi connectivity index (χ0v) is 15.9. The van der Waals surface area contributed by atoms with E-state index >= 15 is 0 Å². The molecule has 0 aliphatic heterocycles. The van der Waals surface area contributed by atoms with Gasteiger partial charge in [0.2, 0.25) is 0 Å². The summed E-state index contributed by atoms with van der Waals surface area (Å²) in [6.45, 7) is 0.695. The van der Waals surface area contributed by atoms with Gasteiger partial charge in [-0.15, -0.1) is 11.8 Å². The predicted molar refractivity (Wildman–Crippen MR) is 110 cm³/mol. The van der Waals surface area contributed by atoms with Crippen molar-refractivity contribution in [2.45, 2.75) is 17.4 Å². The largest absolute Gasteiger partial charge is 0.381 e. The standard InChI is InChI=1S/C22H22N2O2S/c1-27-20-12-10-16(11-13-20)15-23-19-9-5-8-18(14-19)21(22(25)24-26)17-6-3-2-4-7-17/h2-14,21,23,26H,15H2,1H3,(H,24,25). The summed E-state index contributed by atoms with van der Waals surface area (Å²) in [6, 6.07) is 25.6. The van der Waals surface area contributed by atoms with E-state index in [2.05, 4.69) is 35.8 Å². The Morgan fingerprint density at radius 3 is 2.33 bits per heavy atom. The van der Waals surface area contributed by atoms with Gasteiger partial charge in [-0.1, -0.05) is 54.6 Å². The Bertz CT molecular complexity index is 882. The van der Waals surface area contributed by atoms with Crippen molar-refractivity contribution >= 4 is 23.4 Å². The zero-order valence-electron chi connectivity index (χ0n) is 15.1. The lowest BCUT2D eigenvalue weighted by Crippen LogP contribution is -2.27. The maximum Gasteiger partial charge on any atom is 0.255 e. The van der Waals surface area contributed by atoms with Gasteiger partial charge >= 0.3 is 0 Å². The first-order chi connectivity index (χ1) is 13.2. The van der Waals surface area contributed by atoms with Crippen molar-refractivity contribution in [1.29, 1.82) is 0 Å². The summed E-state index contributed by atoms with van der Waals surface area (Å²) < 4.78 is 0. The minimum absolute atomic E-state index is 0.453. The molecule has 0 aromatic heterocycles. The average molecular weight is 378 g/mol. The molecule has 0 bridgehead atoms. The van der Waals surface area contributed by atoms with Crippen LogP contribution in [0.2, 0.25) is 0 Å². The van der Waals surface area contributed by atoms with Crippen molar-refractivity contribution in [3.8, 4) is 0 Å². The number of rotatable bonds is 7. The second kappa shape index (κ2) is 9.26. The molecule has 1 amide bonds. The predicted octanol–water partition coefficient (Wildman–Crippen LogP) is 4.66. The molecular weight excluding hydrogens is 356 g/mol. The molecular formula is C22H22N2O2S. The van der Waals surface area contributed by atoms with Crippen molar-refractivity contribution in [3.05, 3.63) is 95.6 Å². The quantitative estimate of drug-likeness (QED) is 0.318. The van der Waals surface area contributed by atoms with Crippen LogP contribution in [0.3, 0.4) is 0 Å². The summed E-state index contributed by atoms with van der Waals surface area (Å²) in [5.74, 6) is -1.02. The van der Waals surface area contributed by atoms with Crippen LogP contribution in [0.15, 0.2) is 83.8 Å². The van der Waals surface area contributed by atoms with Gasteiger partial charge in [-0.2, -0.15) is 0 Å². The minimum atomic E-state index is -0.571. The van der Waals surface area contributed by atoms with E-state index < -0.39 is 11.8 Å². The number of benzene rings is 3. The van der Waals surface area contributed by atoms with Crippen molar-refractivity contribution in [2.75, 3.05) is 11.6 Å². The molecule has 0 aliphatic rings. The highest BCUT2D eigenvalue weighted by molar-refractivity contribution is 7.98. The normalized spacial score (nSPS) is 11.6. The molecule has 1 atom stereocenters. The number of hydrogen-bond donors (Lipinski definition) is 3. The topological polar surface area (TPSA) is 61.4 Å². The Morgan fingerprint density at radius 2 is 1.67 bits per heavy atom. The van der Waals surface area contributed by atoms with Crippen molar-refractivity contribution in [2.24, 2.45) is 0 Å². The molecule has 4 nitrogen and oxygen atoms in total. The van der Waals surface area contributed by atoms with Crippen LogP contribution in [0.4, 0.5) is 5.69 Å². The molecule has 1 unspecified atom stereocenters. The second-order valence-electron chi connectivity index (χ2n) is 6.15. The molecule has 0 aliphatic carbocycles. The van der Waals surface area contributed by atoms with Gasteiger partial charge in [0, 0.05) is 17.1 Å². The van der Waals surface area contributed by atoms with Crippen LogP contribution in [0.5, 0.6) is 0 Å². The van der Waals surface area contributed by atoms with E-state index in [1.54, 1.807) is 17.2 Å². The summed E-state index contributed by atoms with van der Waals surface area (Å²) in [5.41, 5.74) is 5.54. The molecule has 3 aromatic carbocycles. The second-order valence-corrected chi connectivity index (χ2v) is 7.03. The van der Waals surface area contributed by atoms with E-state index in [0.29, 0.717) is 6.54 Å². The van der Waals surface area contributed by atoms with Crippen LogP contribution in [-0.4, -0.2) is 17.4 Å². The SMILES string of the molecule is CSc1ccc(CNc2cccc(C(C(=O)NO)c3ccccc3)c2)cc1. The lowest BCUT2D eigenvalue weighted by Gasteiger charge is -2.17. The van der Waals surface area contributed by atoms with Crippen LogP contribution < -0.4 is 10.8 Å². The highest BCUT2D eigenvalue weighted by atomic mass is 32.2. The number of carbonyl (C=O) groups excluding carboxylic acids is 1. The van der Waals surface area contributed by atoms with Gasteiger partial charge < -0.3 is 5.32 Å². The number of hydroxylamine groups is 1. The van der Waals surface area contributed by atoms with Gasteiger partial charge in [0.1, 0.15) is 0 Å². The van der Waals surface area contributed by atoms with Gasteiger partial charge in [0.25, 0.3) is 5.91 Å². The Kier molecular flexibility index (Phi) is 6.52. The Balaban J connectivity index is 1.79. The number of nitrogens with one attached hydrogen (secondary N) is 2. The van der Waals surface area contributed by atoms with E-state index in [1.165, 1.54) is 10.5 Å². The highest BCUT2D eigenvalue weighted by Crippen LogP contribution is 2.27. The molecule has 3 rings (SSSR count). The van der Waals surface area contributed by atoms with E-state index in [9.17, 15) is 10.0 Å². The molecule has 0 spiro atoms. The zero-order chi connectivity index (χ0) is 19.1. The first-order valence-corrected chi connectivity index (χ1v) is 9.89. The first-order valence-electron chi connectivity index (χ1n) is 8.67. The van der Waals surface area contributed by atoms with Gasteiger partial charge in [-0.3, -0.25) is 10.0 Å². The van der Waals surface area contributed by atoms with Gasteiger partial charge in [-0.05, 0) is 47.2 Å². The van der Waals surface area contributed by atoms with Crippen LogP contribution in [-0.2, 0) is 11.3 Å². The number of anilines is 1. The molecule has 138 valence electrons. The molecule has 0 saturated heterocycles. The molecule has 0 saturated carbocycles. The molecule has 0 radical (unpaired) electrons. The maximum atomic E-state index is 12.3. The summed E-state index contributed by atoms with van der Waals surface area (Å²) >= 11 is 1.72. The van der Waals surface area contributed by atoms with Crippen LogP contribution in [0, 0.1) is 0 Å². The third-order valence-electron chi connectivity index (χ3n) is 4.38. The van der Waals surface area contributed by atoms with E-state index in [-0.39, 0.29) is 0 Å². The number of carbonyl (C=O) groups is 1. The lowest BCUT2D eigenvalue weighted by atomic mass is 9.90. The molecule has 3 N–H and O–H groups in total. The average Bonchev–Trinajstić information content (AvgIpc) is 2.74. The minimum Gasteiger partial charge on any atom is -0.381 e. The summed E-state index contributed by atoms with van der Waals surface area (Å²) in [6.07, 6.45) is 2.06. The van der Waals surface area contributed by atoms with Gasteiger partial charge in [-0.25, -0.2) is 5.48 Å². The Labute approximate surface area is 163 Å². The van der Waals surface area contributed by atoms with Crippen molar-refractivity contribution < 1.29 is 10.0 Å². The molecule has 0 heterocycles. The summed E-state index contributed by atoms with van der Waals surface area (Å²) in [4.78, 5) is 13.5. The third-order valence-corrected chi connectivity index (χ3v) is 5.12. The lowest BCUT2D eigenvalue weighted by molar-refractivity contribution is -0.129. The summed E-state index contributed by atoms with van der Waals surface area (Å²) in [7, 11) is 0. The van der Waals surface area contributed by atoms with Crippen molar-refractivity contribution in [1.82, 2.24) is 5.48 Å². The highest BCUT2D eigenvalue weighted by Gasteiger charge is 2.22. The molecule has 3 aromatic rings. The van der Waals surface area contributed by atoms with E-state index in [4.69, 9.17) is 0 Å². The third kappa shape index (κ3) is 4.90. The Morgan fingerprint density at radius 1 is 0.963 bits per heavy atom. The van der Waals surface area contributed by atoms with Crippen LogP contribution in [0.25, 0.3) is 0 Å². The molecule has 27 heavy (non-hydrogen) atoms. The fourth-order valence-corrected chi connectivity index (χ4v) is 3.39. The monoisotopic (exact) mass is 378 g/mol. The van der Waals surface area contributed by atoms with Crippen LogP contribution in [0.1, 0.15) is 22.6 Å². The molecule has 5 heteroatoms. The number of hydrogen-bond acceptors (Lipinski definition) is 4. The smallest absolute Gasteiger partial charge is 0.255 e. The first kappa shape index (κ1) is 19.0. The summed E-state index contributed by atoms with van der Waals surface area (Å²) in [5, 5.41) is 12.6. The number of amides is 1. The number of thioether (sulfide) groups is 1. The molecule has 0 fully saturated rings. The van der Waals surface area contributed by atoms with E-state index in [0.717, 1.165) is 16.8 Å². The van der Waals surface area contributed by atoms with Crippen molar-refractivity contribution in [3.63, 3.8) is 0 Å². The maximum absolute atomic E-state index is 12.3. The van der Waals surface area contributed by atoms with Gasteiger partial charge in [0.15, 0.2) is 0 Å².